The minimum absolute atomic E-state index is 0.165. The molecule has 0 saturated carbocycles. The molecule has 0 bridgehead atoms. The van der Waals surface area contributed by atoms with Crippen LogP contribution < -0.4 is 0 Å². The average molecular weight is 499 g/mol. The summed E-state index contributed by atoms with van der Waals surface area (Å²) in [6.07, 6.45) is -4.28. The summed E-state index contributed by atoms with van der Waals surface area (Å²) < 4.78 is 41.4. The number of rotatable bonds is 3. The summed E-state index contributed by atoms with van der Waals surface area (Å²) in [5.74, 6) is 0.335. The van der Waals surface area contributed by atoms with Gasteiger partial charge in [0.05, 0.1) is 27.2 Å². The van der Waals surface area contributed by atoms with E-state index < -0.39 is 11.7 Å². The van der Waals surface area contributed by atoms with Crippen molar-refractivity contribution in [3.05, 3.63) is 62.4 Å². The predicted octanol–water partition coefficient (Wildman–Crippen LogP) is 5.19. The quantitative estimate of drug-likeness (QED) is 0.499. The van der Waals surface area contributed by atoms with Gasteiger partial charge in [0.1, 0.15) is 5.82 Å². The molecule has 1 aromatic heterocycles. The highest BCUT2D eigenvalue weighted by Crippen LogP contribution is 2.35. The number of piperazine rings is 1. The first-order valence-corrected chi connectivity index (χ1v) is 11.2. The van der Waals surface area contributed by atoms with E-state index in [1.807, 2.05) is 7.05 Å². The van der Waals surface area contributed by atoms with Gasteiger partial charge in [-0.25, -0.2) is 4.98 Å². The summed E-state index contributed by atoms with van der Waals surface area (Å²) in [5.41, 5.74) is 1.43. The lowest BCUT2D eigenvalue weighted by atomic mass is 10.1. The van der Waals surface area contributed by atoms with Crippen LogP contribution in [0, 0.1) is 6.92 Å². The van der Waals surface area contributed by atoms with Gasteiger partial charge >= 0.3 is 6.18 Å². The normalized spacial score (nSPS) is 15.5. The molecule has 2 aromatic carbocycles. The molecule has 5 nitrogen and oxygen atoms in total. The summed E-state index contributed by atoms with van der Waals surface area (Å²) in [7, 11) is 3.66. The first-order valence-electron chi connectivity index (χ1n) is 10.4. The maximum atomic E-state index is 13.3. The lowest BCUT2D eigenvalue weighted by molar-refractivity contribution is -0.137. The number of hydrogen-bond acceptors (Lipinski definition) is 3. The molecule has 0 atom stereocenters. The Hall–Kier alpha value is -2.29. The molecule has 2 heterocycles. The lowest BCUT2D eigenvalue weighted by Gasteiger charge is -2.32. The molecule has 0 aliphatic carbocycles. The van der Waals surface area contributed by atoms with Gasteiger partial charge in [0.2, 0.25) is 0 Å². The van der Waals surface area contributed by atoms with E-state index in [0.29, 0.717) is 51.7 Å². The maximum absolute atomic E-state index is 13.3. The van der Waals surface area contributed by atoms with Crippen LogP contribution in [-0.4, -0.2) is 58.5 Å². The van der Waals surface area contributed by atoms with Crippen molar-refractivity contribution in [3.8, 4) is 0 Å². The molecule has 1 aliphatic heterocycles. The zero-order chi connectivity index (χ0) is 24.1. The molecule has 3 aromatic rings. The van der Waals surface area contributed by atoms with Crippen LogP contribution in [0.25, 0.3) is 11.0 Å². The van der Waals surface area contributed by atoms with E-state index in [4.69, 9.17) is 23.2 Å². The van der Waals surface area contributed by atoms with Gasteiger partial charge in [0.15, 0.2) is 0 Å². The highest BCUT2D eigenvalue weighted by Gasteiger charge is 2.32. The van der Waals surface area contributed by atoms with Gasteiger partial charge in [-0.05, 0) is 49.4 Å². The van der Waals surface area contributed by atoms with Crippen LogP contribution >= 0.6 is 23.2 Å². The Labute approximate surface area is 199 Å². The Bertz CT molecular complexity index is 1230. The molecule has 176 valence electrons. The number of imidazole rings is 1. The SMILES string of the molecule is Cc1cc(C(F)(F)F)cc2c1nc(Cc1c(Cl)ccc(C(=O)N3CCN(C)CC3)c1Cl)n2C. The minimum Gasteiger partial charge on any atom is -0.336 e. The Morgan fingerprint density at radius 3 is 2.39 bits per heavy atom. The molecular formula is C23H23Cl2F3N4O. The van der Waals surface area contributed by atoms with E-state index in [1.54, 1.807) is 35.6 Å². The van der Waals surface area contributed by atoms with E-state index in [1.165, 1.54) is 0 Å². The highest BCUT2D eigenvalue weighted by molar-refractivity contribution is 6.38. The molecular weight excluding hydrogens is 476 g/mol. The summed E-state index contributed by atoms with van der Waals surface area (Å²) in [4.78, 5) is 21.6. The maximum Gasteiger partial charge on any atom is 0.416 e. The average Bonchev–Trinajstić information content (AvgIpc) is 3.07. The first kappa shape index (κ1) is 23.9. The fraction of sp³-hybridized carbons (Fsp3) is 0.391. The number of carbonyl (C=O) groups is 1. The van der Waals surface area contributed by atoms with Gasteiger partial charge in [0.25, 0.3) is 5.91 Å². The van der Waals surface area contributed by atoms with Gasteiger partial charge < -0.3 is 14.4 Å². The molecule has 0 radical (unpaired) electrons. The number of benzene rings is 2. The molecule has 10 heteroatoms. The molecule has 0 spiro atoms. The second-order valence-electron chi connectivity index (χ2n) is 8.41. The summed E-state index contributed by atoms with van der Waals surface area (Å²) in [6.45, 7) is 4.37. The smallest absolute Gasteiger partial charge is 0.336 e. The summed E-state index contributed by atoms with van der Waals surface area (Å²) >= 11 is 13.1. The van der Waals surface area contributed by atoms with E-state index in [2.05, 4.69) is 9.88 Å². The number of carbonyl (C=O) groups excluding carboxylic acids is 1. The van der Waals surface area contributed by atoms with Gasteiger partial charge in [0, 0.05) is 44.7 Å². The third-order valence-corrected chi connectivity index (χ3v) is 6.92. The number of fused-ring (bicyclic) bond motifs is 1. The van der Waals surface area contributed by atoms with E-state index in [9.17, 15) is 18.0 Å². The van der Waals surface area contributed by atoms with Gasteiger partial charge in [-0.15, -0.1) is 0 Å². The number of halogens is 5. The third-order valence-electron chi connectivity index (χ3n) is 6.14. The van der Waals surface area contributed by atoms with Crippen molar-refractivity contribution in [3.63, 3.8) is 0 Å². The number of aromatic nitrogens is 2. The standard InChI is InChI=1S/C23H23Cl2F3N4O/c1-13-10-14(23(26,27)28)11-18-21(13)29-19(31(18)3)12-16-17(24)5-4-15(20(16)25)22(33)32-8-6-30(2)7-9-32/h4-5,10-11H,6-9,12H2,1-3H3. The zero-order valence-corrected chi connectivity index (χ0v) is 19.9. The van der Waals surface area contributed by atoms with Crippen LogP contribution in [0.15, 0.2) is 24.3 Å². The monoisotopic (exact) mass is 498 g/mol. The Kier molecular flexibility index (Phi) is 6.37. The fourth-order valence-corrected chi connectivity index (χ4v) is 4.67. The first-order chi connectivity index (χ1) is 15.5. The largest absolute Gasteiger partial charge is 0.416 e. The number of likely N-dealkylation sites (N-methyl/N-ethyl adjacent to an activating group) is 1. The second kappa shape index (κ2) is 8.81. The van der Waals surface area contributed by atoms with E-state index in [0.717, 1.165) is 25.2 Å². The van der Waals surface area contributed by atoms with Crippen molar-refractivity contribution in [1.82, 2.24) is 19.4 Å². The topological polar surface area (TPSA) is 41.4 Å². The zero-order valence-electron chi connectivity index (χ0n) is 18.4. The molecule has 1 aliphatic rings. The Morgan fingerprint density at radius 2 is 1.76 bits per heavy atom. The highest BCUT2D eigenvalue weighted by atomic mass is 35.5. The van der Waals surface area contributed by atoms with E-state index >= 15 is 0 Å². The molecule has 0 N–H and O–H groups in total. The molecule has 1 saturated heterocycles. The van der Waals surface area contributed by atoms with Crippen molar-refractivity contribution in [1.29, 1.82) is 0 Å². The molecule has 1 fully saturated rings. The van der Waals surface area contributed by atoms with Crippen LogP contribution in [0.4, 0.5) is 13.2 Å². The van der Waals surface area contributed by atoms with Crippen LogP contribution in [0.3, 0.4) is 0 Å². The van der Waals surface area contributed by atoms with Gasteiger partial charge in [-0.2, -0.15) is 13.2 Å². The predicted molar refractivity (Wildman–Crippen MR) is 123 cm³/mol. The lowest BCUT2D eigenvalue weighted by Crippen LogP contribution is -2.47. The van der Waals surface area contributed by atoms with Crippen molar-refractivity contribution in [2.75, 3.05) is 33.2 Å². The van der Waals surface area contributed by atoms with Crippen LogP contribution in [0.5, 0.6) is 0 Å². The number of hydrogen-bond donors (Lipinski definition) is 0. The molecule has 0 unspecified atom stereocenters. The number of amides is 1. The van der Waals surface area contributed by atoms with Crippen LogP contribution in [0.1, 0.15) is 32.9 Å². The summed E-state index contributed by atoms with van der Waals surface area (Å²) in [5, 5.41) is 0.612. The fourth-order valence-electron chi connectivity index (χ4n) is 4.09. The van der Waals surface area contributed by atoms with Gasteiger partial charge in [-0.3, -0.25) is 4.79 Å². The minimum atomic E-state index is -4.45. The molecule has 1 amide bonds. The summed E-state index contributed by atoms with van der Waals surface area (Å²) in [6, 6.07) is 5.43. The number of alkyl halides is 3. The van der Waals surface area contributed by atoms with Crippen LogP contribution in [-0.2, 0) is 19.6 Å². The van der Waals surface area contributed by atoms with Crippen molar-refractivity contribution < 1.29 is 18.0 Å². The van der Waals surface area contributed by atoms with Crippen LogP contribution in [0.2, 0.25) is 10.0 Å². The third kappa shape index (κ3) is 4.56. The number of aryl methyl sites for hydroxylation is 2. The molecule has 33 heavy (non-hydrogen) atoms. The van der Waals surface area contributed by atoms with E-state index in [-0.39, 0.29) is 17.4 Å². The van der Waals surface area contributed by atoms with Gasteiger partial charge in [-0.1, -0.05) is 23.2 Å². The number of nitrogens with zero attached hydrogens (tertiary/aromatic N) is 4. The Morgan fingerprint density at radius 1 is 1.09 bits per heavy atom. The second-order valence-corrected chi connectivity index (χ2v) is 9.19. The van der Waals surface area contributed by atoms with Crippen molar-refractivity contribution in [2.24, 2.45) is 7.05 Å². The Balaban J connectivity index is 1.71. The van der Waals surface area contributed by atoms with Crippen molar-refractivity contribution in [2.45, 2.75) is 19.5 Å². The molecule has 4 rings (SSSR count). The van der Waals surface area contributed by atoms with Crippen molar-refractivity contribution >= 4 is 40.1 Å².